The summed E-state index contributed by atoms with van der Waals surface area (Å²) in [5, 5.41) is 0. The largest absolute Gasteiger partial charge is 0.403 e. The SMILES string of the molecule is C=CCOCC(COCC=C)OP(OF)OF. The Morgan fingerprint density at radius 2 is 1.47 bits per heavy atom. The van der Waals surface area contributed by atoms with Gasteiger partial charge in [0.1, 0.15) is 6.10 Å². The van der Waals surface area contributed by atoms with Crippen LogP contribution in [0.2, 0.25) is 0 Å². The summed E-state index contributed by atoms with van der Waals surface area (Å²) in [6.45, 7) is 7.60. The fraction of sp³-hybridized carbons (Fsp3) is 0.556. The van der Waals surface area contributed by atoms with Crippen molar-refractivity contribution in [1.29, 1.82) is 0 Å². The van der Waals surface area contributed by atoms with E-state index in [1.807, 2.05) is 0 Å². The molecule has 5 nitrogen and oxygen atoms in total. The third-order valence-corrected chi connectivity index (χ3v) is 2.12. The first-order chi connectivity index (χ1) is 8.28. The first kappa shape index (κ1) is 16.6. The molecule has 0 fully saturated rings. The van der Waals surface area contributed by atoms with Crippen molar-refractivity contribution in [2.75, 3.05) is 26.4 Å². The summed E-state index contributed by atoms with van der Waals surface area (Å²) < 4.78 is 44.6. The normalized spacial score (nSPS) is 11.1. The summed E-state index contributed by atoms with van der Waals surface area (Å²) in [4.78, 5) is 0. The molecule has 0 aromatic heterocycles. The summed E-state index contributed by atoms with van der Waals surface area (Å²) in [6.07, 6.45) is 2.34. The summed E-state index contributed by atoms with van der Waals surface area (Å²) in [5.74, 6) is 0. The van der Waals surface area contributed by atoms with E-state index in [1.54, 1.807) is 0 Å². The fourth-order valence-corrected chi connectivity index (χ4v) is 1.29. The molecule has 17 heavy (non-hydrogen) atoms. The van der Waals surface area contributed by atoms with Crippen LogP contribution in [0.15, 0.2) is 25.3 Å². The van der Waals surface area contributed by atoms with E-state index in [4.69, 9.17) is 14.0 Å². The molecule has 0 aliphatic carbocycles. The van der Waals surface area contributed by atoms with Crippen LogP contribution in [0.3, 0.4) is 0 Å². The molecule has 0 heterocycles. The molecule has 0 bridgehead atoms. The van der Waals surface area contributed by atoms with E-state index < -0.39 is 14.7 Å². The predicted octanol–water partition coefficient (Wildman–Crippen LogP) is 2.81. The van der Waals surface area contributed by atoms with Crippen molar-refractivity contribution >= 4 is 8.60 Å². The van der Waals surface area contributed by atoms with Crippen molar-refractivity contribution in [1.82, 2.24) is 0 Å². The second-order valence-electron chi connectivity index (χ2n) is 2.74. The zero-order valence-corrected chi connectivity index (χ0v) is 10.1. The van der Waals surface area contributed by atoms with Gasteiger partial charge in [0.15, 0.2) is 0 Å². The van der Waals surface area contributed by atoms with Crippen molar-refractivity contribution in [3.8, 4) is 0 Å². The lowest BCUT2D eigenvalue weighted by Gasteiger charge is -2.17. The number of hydrogen-bond acceptors (Lipinski definition) is 5. The van der Waals surface area contributed by atoms with Gasteiger partial charge in [-0.3, -0.25) is 0 Å². The van der Waals surface area contributed by atoms with Crippen LogP contribution in [-0.2, 0) is 23.5 Å². The van der Waals surface area contributed by atoms with E-state index in [2.05, 4.69) is 22.6 Å². The Hall–Kier alpha value is -0.430. The van der Waals surface area contributed by atoms with E-state index >= 15 is 0 Å². The number of halogens is 2. The molecule has 8 heteroatoms. The maximum atomic E-state index is 11.7. The molecule has 0 amide bonds. The molecule has 0 saturated carbocycles. The van der Waals surface area contributed by atoms with Gasteiger partial charge >= 0.3 is 8.60 Å². The van der Waals surface area contributed by atoms with Gasteiger partial charge in [0.05, 0.1) is 26.4 Å². The molecule has 0 N–H and O–H groups in total. The molecular weight excluding hydrogens is 257 g/mol. The standard InChI is InChI=1S/C9H15F2O5P/c1-3-5-12-7-9(8-13-6-4-2)14-17(15-10)16-11/h3-4,9H,1-2,5-8H2. The minimum atomic E-state index is -2.68. The van der Waals surface area contributed by atoms with Gasteiger partial charge in [0.2, 0.25) is 0 Å². The van der Waals surface area contributed by atoms with Crippen molar-refractivity contribution in [3.63, 3.8) is 0 Å². The molecule has 0 aromatic carbocycles. The number of hydrogen-bond donors (Lipinski definition) is 0. The van der Waals surface area contributed by atoms with Crippen LogP contribution < -0.4 is 0 Å². The van der Waals surface area contributed by atoms with Gasteiger partial charge in [0, 0.05) is 0 Å². The monoisotopic (exact) mass is 272 g/mol. The van der Waals surface area contributed by atoms with Gasteiger partial charge in [-0.1, -0.05) is 12.2 Å². The summed E-state index contributed by atoms with van der Waals surface area (Å²) in [6, 6.07) is 0. The minimum Gasteiger partial charge on any atom is -0.375 e. The van der Waals surface area contributed by atoms with Crippen LogP contribution in [0.1, 0.15) is 0 Å². The van der Waals surface area contributed by atoms with E-state index in [0.29, 0.717) is 0 Å². The molecule has 0 unspecified atom stereocenters. The molecule has 0 radical (unpaired) electrons. The maximum Gasteiger partial charge on any atom is 0.403 e. The minimum absolute atomic E-state index is 0.0642. The average molecular weight is 272 g/mol. The van der Waals surface area contributed by atoms with Gasteiger partial charge in [-0.2, -0.15) is 0 Å². The average Bonchev–Trinajstić information content (AvgIpc) is 2.35. The number of rotatable bonds is 12. The van der Waals surface area contributed by atoms with Gasteiger partial charge in [-0.25, -0.2) is 0 Å². The lowest BCUT2D eigenvalue weighted by atomic mass is 10.4. The molecule has 0 rings (SSSR count). The van der Waals surface area contributed by atoms with Gasteiger partial charge in [0.25, 0.3) is 0 Å². The molecule has 0 atom stereocenters. The lowest BCUT2D eigenvalue weighted by molar-refractivity contribution is -0.111. The first-order valence-corrected chi connectivity index (χ1v) is 5.79. The Kier molecular flexibility index (Phi) is 11.7. The lowest BCUT2D eigenvalue weighted by Crippen LogP contribution is -2.24. The highest BCUT2D eigenvalue weighted by atomic mass is 31.2. The first-order valence-electron chi connectivity index (χ1n) is 4.70. The quantitative estimate of drug-likeness (QED) is 0.310. The third kappa shape index (κ3) is 9.29. The van der Waals surface area contributed by atoms with Gasteiger partial charge in [-0.15, -0.1) is 22.6 Å². The Balaban J connectivity index is 3.98. The van der Waals surface area contributed by atoms with Crippen molar-refractivity contribution in [2.45, 2.75) is 6.10 Å². The van der Waals surface area contributed by atoms with E-state index in [9.17, 15) is 9.05 Å². The van der Waals surface area contributed by atoms with Crippen LogP contribution in [0.25, 0.3) is 0 Å². The molecule has 0 aliphatic heterocycles. The van der Waals surface area contributed by atoms with Crippen molar-refractivity contribution in [2.24, 2.45) is 0 Å². The molecule has 0 aromatic rings. The van der Waals surface area contributed by atoms with E-state index in [0.717, 1.165) is 0 Å². The highest BCUT2D eigenvalue weighted by molar-refractivity contribution is 7.41. The topological polar surface area (TPSA) is 46.2 Å². The second kappa shape index (κ2) is 12.0. The van der Waals surface area contributed by atoms with E-state index in [1.165, 1.54) is 12.2 Å². The maximum absolute atomic E-state index is 11.7. The Bertz CT molecular complexity index is 190. The zero-order chi connectivity index (χ0) is 12.9. The van der Waals surface area contributed by atoms with Gasteiger partial charge < -0.3 is 14.0 Å². The molecule has 100 valence electrons. The van der Waals surface area contributed by atoms with Crippen molar-refractivity contribution < 1.29 is 32.5 Å². The van der Waals surface area contributed by atoms with Gasteiger partial charge in [-0.05, 0) is 9.05 Å². The molecule has 0 saturated heterocycles. The van der Waals surface area contributed by atoms with Crippen LogP contribution in [-0.4, -0.2) is 32.5 Å². The number of ether oxygens (including phenoxy) is 2. The smallest absolute Gasteiger partial charge is 0.375 e. The summed E-state index contributed by atoms with van der Waals surface area (Å²) in [5.41, 5.74) is 0. The highest BCUT2D eigenvalue weighted by Crippen LogP contribution is 2.41. The van der Waals surface area contributed by atoms with Crippen LogP contribution in [0, 0.1) is 0 Å². The zero-order valence-electron chi connectivity index (χ0n) is 9.22. The highest BCUT2D eigenvalue weighted by Gasteiger charge is 2.22. The Labute approximate surface area is 99.7 Å². The van der Waals surface area contributed by atoms with Crippen LogP contribution in [0.4, 0.5) is 9.05 Å². The Morgan fingerprint density at radius 3 is 1.82 bits per heavy atom. The third-order valence-electron chi connectivity index (χ3n) is 1.43. The van der Waals surface area contributed by atoms with E-state index in [-0.39, 0.29) is 26.4 Å². The fourth-order valence-electron chi connectivity index (χ4n) is 0.840. The Morgan fingerprint density at radius 1 is 1.00 bits per heavy atom. The van der Waals surface area contributed by atoms with Crippen LogP contribution in [0.5, 0.6) is 0 Å². The summed E-state index contributed by atoms with van der Waals surface area (Å²) in [7, 11) is -2.68. The summed E-state index contributed by atoms with van der Waals surface area (Å²) >= 11 is 0. The second-order valence-corrected chi connectivity index (χ2v) is 3.68. The molecule has 0 spiro atoms. The van der Waals surface area contributed by atoms with Crippen molar-refractivity contribution in [3.05, 3.63) is 25.3 Å². The molecular formula is C9H15F2O5P. The molecule has 0 aliphatic rings. The predicted molar refractivity (Wildman–Crippen MR) is 58.2 cm³/mol. The van der Waals surface area contributed by atoms with Crippen LogP contribution >= 0.6 is 8.60 Å².